The second kappa shape index (κ2) is 4.69. The molecule has 3 aromatic rings. The molecule has 20 heavy (non-hydrogen) atoms. The predicted molar refractivity (Wildman–Crippen MR) is 76.8 cm³/mol. The number of nitrogens with zero attached hydrogens (tertiary/aromatic N) is 1. The van der Waals surface area contributed by atoms with Crippen LogP contribution in [0.2, 0.25) is 0 Å². The first kappa shape index (κ1) is 12.8. The van der Waals surface area contributed by atoms with E-state index in [9.17, 15) is 9.50 Å². The highest BCUT2D eigenvalue weighted by Gasteiger charge is 2.27. The normalized spacial score (nSPS) is 14.2. The molecule has 2 nitrogen and oxygen atoms in total. The molecule has 1 aromatic heterocycles. The van der Waals surface area contributed by atoms with Gasteiger partial charge in [-0.05, 0) is 42.3 Å². The molecule has 0 saturated heterocycles. The van der Waals surface area contributed by atoms with Gasteiger partial charge < -0.3 is 5.11 Å². The standard InChI is InChI=1S/C17H14FNO/c1-17(20,12-7-9-13(18)10-8-12)15-5-2-6-16-14(15)4-3-11-19-16/h2-11,20H,1H3. The minimum atomic E-state index is -1.20. The molecule has 0 bridgehead atoms. The summed E-state index contributed by atoms with van der Waals surface area (Å²) in [6.45, 7) is 1.71. The number of pyridine rings is 1. The van der Waals surface area contributed by atoms with Crippen LogP contribution in [0.4, 0.5) is 4.39 Å². The molecule has 1 unspecified atom stereocenters. The minimum Gasteiger partial charge on any atom is -0.381 e. The molecule has 0 amide bonds. The first-order chi connectivity index (χ1) is 9.59. The summed E-state index contributed by atoms with van der Waals surface area (Å²) in [5.41, 5.74) is 1.04. The van der Waals surface area contributed by atoms with Gasteiger partial charge >= 0.3 is 0 Å². The number of halogens is 1. The van der Waals surface area contributed by atoms with Crippen LogP contribution in [0.3, 0.4) is 0 Å². The van der Waals surface area contributed by atoms with Gasteiger partial charge in [0, 0.05) is 11.6 Å². The van der Waals surface area contributed by atoms with E-state index in [-0.39, 0.29) is 5.82 Å². The zero-order valence-corrected chi connectivity index (χ0v) is 11.0. The maximum Gasteiger partial charge on any atom is 0.123 e. The van der Waals surface area contributed by atoms with Crippen molar-refractivity contribution < 1.29 is 9.50 Å². The summed E-state index contributed by atoms with van der Waals surface area (Å²) < 4.78 is 13.0. The molecule has 0 aliphatic carbocycles. The summed E-state index contributed by atoms with van der Waals surface area (Å²) in [5.74, 6) is -0.316. The number of aromatic nitrogens is 1. The van der Waals surface area contributed by atoms with Crippen LogP contribution in [0, 0.1) is 5.82 Å². The second-order valence-electron chi connectivity index (χ2n) is 4.95. The van der Waals surface area contributed by atoms with E-state index in [1.54, 1.807) is 25.3 Å². The van der Waals surface area contributed by atoms with Crippen LogP contribution in [0.25, 0.3) is 10.9 Å². The van der Waals surface area contributed by atoms with Gasteiger partial charge in [-0.1, -0.05) is 30.3 Å². The molecule has 1 N–H and O–H groups in total. The molecule has 1 heterocycles. The van der Waals surface area contributed by atoms with E-state index in [1.165, 1.54) is 12.1 Å². The highest BCUT2D eigenvalue weighted by molar-refractivity contribution is 5.83. The highest BCUT2D eigenvalue weighted by Crippen LogP contribution is 2.33. The predicted octanol–water partition coefficient (Wildman–Crippen LogP) is 3.63. The van der Waals surface area contributed by atoms with Gasteiger partial charge in [0.2, 0.25) is 0 Å². The topological polar surface area (TPSA) is 33.1 Å². The Labute approximate surface area is 116 Å². The third-order valence-corrected chi connectivity index (χ3v) is 3.58. The van der Waals surface area contributed by atoms with Gasteiger partial charge in [-0.15, -0.1) is 0 Å². The molecular formula is C17H14FNO. The Bertz CT molecular complexity index is 745. The molecule has 0 aliphatic heterocycles. The molecule has 0 radical (unpaired) electrons. The van der Waals surface area contributed by atoms with Crippen LogP contribution in [0.1, 0.15) is 18.1 Å². The van der Waals surface area contributed by atoms with E-state index in [1.807, 2.05) is 30.3 Å². The lowest BCUT2D eigenvalue weighted by Crippen LogP contribution is -2.23. The Kier molecular flexibility index (Phi) is 2.99. The van der Waals surface area contributed by atoms with Crippen molar-refractivity contribution in [1.82, 2.24) is 4.98 Å². The highest BCUT2D eigenvalue weighted by atomic mass is 19.1. The number of fused-ring (bicyclic) bond motifs is 1. The number of hydrogen-bond donors (Lipinski definition) is 1. The maximum atomic E-state index is 13.0. The van der Waals surface area contributed by atoms with Gasteiger partial charge in [0.25, 0.3) is 0 Å². The van der Waals surface area contributed by atoms with Crippen molar-refractivity contribution in [2.24, 2.45) is 0 Å². The fourth-order valence-corrected chi connectivity index (χ4v) is 2.46. The molecule has 3 heteroatoms. The largest absolute Gasteiger partial charge is 0.381 e. The lowest BCUT2D eigenvalue weighted by Gasteiger charge is -2.26. The van der Waals surface area contributed by atoms with Crippen LogP contribution < -0.4 is 0 Å². The van der Waals surface area contributed by atoms with E-state index in [2.05, 4.69) is 4.98 Å². The molecule has 1 atom stereocenters. The van der Waals surface area contributed by atoms with E-state index < -0.39 is 5.60 Å². The molecule has 2 aromatic carbocycles. The Hall–Kier alpha value is -2.26. The molecule has 0 aliphatic rings. The van der Waals surface area contributed by atoms with Crippen molar-refractivity contribution in [3.05, 3.63) is 77.7 Å². The average Bonchev–Trinajstić information content (AvgIpc) is 2.47. The number of hydrogen-bond acceptors (Lipinski definition) is 2. The summed E-state index contributed by atoms with van der Waals surface area (Å²) in [6, 6.07) is 15.3. The molecule has 0 fully saturated rings. The monoisotopic (exact) mass is 267 g/mol. The Morgan fingerprint density at radius 1 is 1.00 bits per heavy atom. The summed E-state index contributed by atoms with van der Waals surface area (Å²) in [6.07, 6.45) is 1.72. The van der Waals surface area contributed by atoms with Crippen molar-refractivity contribution in [3.63, 3.8) is 0 Å². The molecule has 0 saturated carbocycles. The third kappa shape index (κ3) is 2.06. The van der Waals surface area contributed by atoms with E-state index in [0.717, 1.165) is 16.5 Å². The van der Waals surface area contributed by atoms with Crippen molar-refractivity contribution in [2.45, 2.75) is 12.5 Å². The van der Waals surface area contributed by atoms with Crippen LogP contribution in [-0.2, 0) is 5.60 Å². The van der Waals surface area contributed by atoms with E-state index in [4.69, 9.17) is 0 Å². The smallest absolute Gasteiger partial charge is 0.123 e. The summed E-state index contributed by atoms with van der Waals surface area (Å²) in [5, 5.41) is 11.8. The number of rotatable bonds is 2. The van der Waals surface area contributed by atoms with E-state index >= 15 is 0 Å². The first-order valence-electron chi connectivity index (χ1n) is 6.42. The number of benzene rings is 2. The van der Waals surface area contributed by atoms with Crippen LogP contribution >= 0.6 is 0 Å². The first-order valence-corrected chi connectivity index (χ1v) is 6.42. The second-order valence-corrected chi connectivity index (χ2v) is 4.95. The zero-order valence-electron chi connectivity index (χ0n) is 11.0. The van der Waals surface area contributed by atoms with Gasteiger partial charge in [0.05, 0.1) is 5.52 Å². The van der Waals surface area contributed by atoms with Crippen LogP contribution in [0.15, 0.2) is 60.8 Å². The Morgan fingerprint density at radius 2 is 1.75 bits per heavy atom. The fraction of sp³-hybridized carbons (Fsp3) is 0.118. The van der Waals surface area contributed by atoms with Gasteiger partial charge in [-0.3, -0.25) is 4.98 Å². The minimum absolute atomic E-state index is 0.316. The third-order valence-electron chi connectivity index (χ3n) is 3.58. The quantitative estimate of drug-likeness (QED) is 0.769. The van der Waals surface area contributed by atoms with Gasteiger partial charge in [0.1, 0.15) is 11.4 Å². The Balaban J connectivity index is 2.20. The molecule has 0 spiro atoms. The molecule has 100 valence electrons. The maximum absolute atomic E-state index is 13.0. The van der Waals surface area contributed by atoms with Crippen molar-refractivity contribution in [2.75, 3.05) is 0 Å². The summed E-state index contributed by atoms with van der Waals surface area (Å²) in [7, 11) is 0. The lowest BCUT2D eigenvalue weighted by atomic mass is 9.86. The van der Waals surface area contributed by atoms with Gasteiger partial charge in [0.15, 0.2) is 0 Å². The average molecular weight is 267 g/mol. The fourth-order valence-electron chi connectivity index (χ4n) is 2.46. The SMILES string of the molecule is CC(O)(c1ccc(F)cc1)c1cccc2ncccc12. The summed E-state index contributed by atoms with van der Waals surface area (Å²) >= 11 is 0. The van der Waals surface area contributed by atoms with E-state index in [0.29, 0.717) is 5.56 Å². The lowest BCUT2D eigenvalue weighted by molar-refractivity contribution is 0.104. The molecule has 3 rings (SSSR count). The van der Waals surface area contributed by atoms with Gasteiger partial charge in [-0.25, -0.2) is 4.39 Å². The Morgan fingerprint density at radius 3 is 2.50 bits per heavy atom. The van der Waals surface area contributed by atoms with Gasteiger partial charge in [-0.2, -0.15) is 0 Å². The van der Waals surface area contributed by atoms with Crippen molar-refractivity contribution in [1.29, 1.82) is 0 Å². The van der Waals surface area contributed by atoms with Crippen LogP contribution in [0.5, 0.6) is 0 Å². The number of aliphatic hydroxyl groups is 1. The molecular weight excluding hydrogens is 253 g/mol. The van der Waals surface area contributed by atoms with Crippen molar-refractivity contribution in [3.8, 4) is 0 Å². The van der Waals surface area contributed by atoms with Crippen molar-refractivity contribution >= 4 is 10.9 Å². The summed E-state index contributed by atoms with van der Waals surface area (Å²) in [4.78, 5) is 4.29. The zero-order chi connectivity index (χ0) is 14.2. The van der Waals surface area contributed by atoms with Crippen LogP contribution in [-0.4, -0.2) is 10.1 Å².